The first-order valence-electron chi connectivity index (χ1n) is 9.99. The van der Waals surface area contributed by atoms with Crippen LogP contribution < -0.4 is 0 Å². The predicted octanol–water partition coefficient (Wildman–Crippen LogP) is 4.28. The third kappa shape index (κ3) is 4.79. The zero-order valence-electron chi connectivity index (χ0n) is 15.7. The van der Waals surface area contributed by atoms with Crippen molar-refractivity contribution in [1.82, 2.24) is 19.9 Å². The minimum absolute atomic E-state index is 0.0552. The summed E-state index contributed by atoms with van der Waals surface area (Å²) < 4.78 is 0. The largest absolute Gasteiger partial charge is 0.338 e. The van der Waals surface area contributed by atoms with Crippen LogP contribution in [0.25, 0.3) is 11.4 Å². The Morgan fingerprint density at radius 1 is 1.11 bits per heavy atom. The molecule has 140 valence electrons. The summed E-state index contributed by atoms with van der Waals surface area (Å²) in [6.07, 6.45) is 17.6. The quantitative estimate of drug-likeness (QED) is 0.690. The molecule has 2 aromatic rings. The lowest BCUT2D eigenvalue weighted by Crippen LogP contribution is -2.34. The first-order chi connectivity index (χ1) is 13.3. The normalized spacial score (nSPS) is 16.7. The molecule has 0 atom stereocenters. The molecular formula is C22H26N4O. The average molecular weight is 362 g/mol. The number of allylic oxidation sites excluding steroid dienone is 1. The maximum atomic E-state index is 13.0. The third-order valence-electron chi connectivity index (χ3n) is 5.39. The van der Waals surface area contributed by atoms with Crippen molar-refractivity contribution < 1.29 is 4.79 Å². The van der Waals surface area contributed by atoms with Gasteiger partial charge < -0.3 is 4.90 Å². The highest BCUT2D eigenvalue weighted by Crippen LogP contribution is 2.30. The third-order valence-corrected chi connectivity index (χ3v) is 5.39. The van der Waals surface area contributed by atoms with Gasteiger partial charge in [-0.05, 0) is 63.0 Å². The fourth-order valence-electron chi connectivity index (χ4n) is 3.57. The van der Waals surface area contributed by atoms with Crippen LogP contribution >= 0.6 is 0 Å². The Morgan fingerprint density at radius 3 is 2.56 bits per heavy atom. The van der Waals surface area contributed by atoms with Gasteiger partial charge in [0.1, 0.15) is 0 Å². The molecule has 2 aliphatic carbocycles. The van der Waals surface area contributed by atoms with Gasteiger partial charge in [0.15, 0.2) is 5.82 Å². The van der Waals surface area contributed by atoms with Crippen molar-refractivity contribution in [3.63, 3.8) is 0 Å². The summed E-state index contributed by atoms with van der Waals surface area (Å²) in [6, 6.07) is 3.74. The monoisotopic (exact) mass is 362 g/mol. The Kier molecular flexibility index (Phi) is 5.56. The molecular weight excluding hydrogens is 336 g/mol. The van der Waals surface area contributed by atoms with Crippen molar-refractivity contribution in [2.45, 2.75) is 44.9 Å². The van der Waals surface area contributed by atoms with Crippen LogP contribution in [0.3, 0.4) is 0 Å². The van der Waals surface area contributed by atoms with Crippen molar-refractivity contribution in [2.75, 3.05) is 13.1 Å². The van der Waals surface area contributed by atoms with E-state index >= 15 is 0 Å². The van der Waals surface area contributed by atoms with E-state index in [1.807, 2.05) is 17.0 Å². The Hall–Kier alpha value is -2.56. The summed E-state index contributed by atoms with van der Waals surface area (Å²) in [5, 5.41) is 0. The van der Waals surface area contributed by atoms with E-state index in [9.17, 15) is 4.79 Å². The Labute approximate surface area is 160 Å². The molecule has 1 amide bonds. The van der Waals surface area contributed by atoms with Crippen LogP contribution in [0.5, 0.6) is 0 Å². The summed E-state index contributed by atoms with van der Waals surface area (Å²) in [5.74, 6) is 1.35. The lowest BCUT2D eigenvalue weighted by molar-refractivity contribution is 0.0748. The average Bonchev–Trinajstić information content (AvgIpc) is 3.56. The van der Waals surface area contributed by atoms with Crippen LogP contribution in [0.1, 0.15) is 55.3 Å². The predicted molar refractivity (Wildman–Crippen MR) is 105 cm³/mol. The minimum Gasteiger partial charge on any atom is -0.338 e. The molecule has 0 aliphatic heterocycles. The second-order valence-electron chi connectivity index (χ2n) is 7.58. The highest BCUT2D eigenvalue weighted by molar-refractivity contribution is 5.93. The summed E-state index contributed by atoms with van der Waals surface area (Å²) in [7, 11) is 0. The lowest BCUT2D eigenvalue weighted by atomic mass is 9.97. The van der Waals surface area contributed by atoms with Gasteiger partial charge in [-0.3, -0.25) is 9.78 Å². The number of nitrogens with zero attached hydrogens (tertiary/aromatic N) is 4. The first-order valence-corrected chi connectivity index (χ1v) is 9.99. The molecule has 2 aromatic heterocycles. The Balaban J connectivity index is 1.44. The molecule has 0 aromatic carbocycles. The molecule has 5 heteroatoms. The van der Waals surface area contributed by atoms with E-state index in [0.29, 0.717) is 17.3 Å². The highest BCUT2D eigenvalue weighted by atomic mass is 16.2. The maximum absolute atomic E-state index is 13.0. The van der Waals surface area contributed by atoms with Crippen LogP contribution in [0.2, 0.25) is 0 Å². The molecule has 2 heterocycles. The Bertz CT molecular complexity index is 797. The van der Waals surface area contributed by atoms with Gasteiger partial charge in [-0.15, -0.1) is 0 Å². The molecule has 1 saturated carbocycles. The summed E-state index contributed by atoms with van der Waals surface area (Å²) in [4.78, 5) is 27.9. The van der Waals surface area contributed by atoms with Gasteiger partial charge in [-0.2, -0.15) is 0 Å². The van der Waals surface area contributed by atoms with Crippen LogP contribution in [-0.2, 0) is 0 Å². The molecule has 4 rings (SSSR count). The number of carbonyl (C=O) groups is 1. The number of hydrogen-bond donors (Lipinski definition) is 0. The van der Waals surface area contributed by atoms with Gasteiger partial charge >= 0.3 is 0 Å². The van der Waals surface area contributed by atoms with Gasteiger partial charge in [0.2, 0.25) is 0 Å². The van der Waals surface area contributed by atoms with Gasteiger partial charge in [-0.25, -0.2) is 9.97 Å². The summed E-state index contributed by atoms with van der Waals surface area (Å²) >= 11 is 0. The lowest BCUT2D eigenvalue weighted by Gasteiger charge is -2.24. The van der Waals surface area contributed by atoms with Crippen molar-refractivity contribution in [2.24, 2.45) is 5.92 Å². The second kappa shape index (κ2) is 8.42. The molecule has 5 nitrogen and oxygen atoms in total. The number of pyridine rings is 1. The SMILES string of the molecule is O=C(c1cnc(-c2ccncc2)nc1)N(CCC1=CCCCC1)CC1CC1. The van der Waals surface area contributed by atoms with E-state index in [1.165, 1.54) is 44.1 Å². The molecule has 0 radical (unpaired) electrons. The van der Waals surface area contributed by atoms with E-state index < -0.39 is 0 Å². The van der Waals surface area contributed by atoms with Gasteiger partial charge in [0.05, 0.1) is 5.56 Å². The smallest absolute Gasteiger partial charge is 0.257 e. The molecule has 0 N–H and O–H groups in total. The van der Waals surface area contributed by atoms with Crippen LogP contribution in [0, 0.1) is 5.92 Å². The molecule has 0 bridgehead atoms. The van der Waals surface area contributed by atoms with Crippen molar-refractivity contribution in [3.8, 4) is 11.4 Å². The summed E-state index contributed by atoms with van der Waals surface area (Å²) in [5.41, 5.74) is 2.99. The number of hydrogen-bond acceptors (Lipinski definition) is 4. The fraction of sp³-hybridized carbons (Fsp3) is 0.455. The molecule has 2 aliphatic rings. The van der Waals surface area contributed by atoms with E-state index in [4.69, 9.17) is 0 Å². The van der Waals surface area contributed by atoms with Crippen molar-refractivity contribution in [1.29, 1.82) is 0 Å². The molecule has 0 saturated heterocycles. The molecule has 0 unspecified atom stereocenters. The number of carbonyl (C=O) groups excluding carboxylic acids is 1. The minimum atomic E-state index is 0.0552. The topological polar surface area (TPSA) is 59.0 Å². The van der Waals surface area contributed by atoms with Gasteiger partial charge in [0.25, 0.3) is 5.91 Å². The number of aromatic nitrogens is 3. The van der Waals surface area contributed by atoms with E-state index in [0.717, 1.165) is 25.1 Å². The van der Waals surface area contributed by atoms with Gasteiger partial charge in [-0.1, -0.05) is 11.6 Å². The second-order valence-corrected chi connectivity index (χ2v) is 7.58. The zero-order valence-corrected chi connectivity index (χ0v) is 15.7. The van der Waals surface area contributed by atoms with E-state index in [2.05, 4.69) is 21.0 Å². The first kappa shape index (κ1) is 17.8. The molecule has 1 fully saturated rings. The van der Waals surface area contributed by atoms with Crippen LogP contribution in [0.4, 0.5) is 0 Å². The number of rotatable bonds is 7. The van der Waals surface area contributed by atoms with Crippen LogP contribution in [-0.4, -0.2) is 38.8 Å². The summed E-state index contributed by atoms with van der Waals surface area (Å²) in [6.45, 7) is 1.66. The van der Waals surface area contributed by atoms with E-state index in [1.54, 1.807) is 24.8 Å². The van der Waals surface area contributed by atoms with Crippen LogP contribution in [0.15, 0.2) is 48.6 Å². The fourth-order valence-corrected chi connectivity index (χ4v) is 3.57. The highest BCUT2D eigenvalue weighted by Gasteiger charge is 2.27. The van der Waals surface area contributed by atoms with E-state index in [-0.39, 0.29) is 5.91 Å². The van der Waals surface area contributed by atoms with Crippen molar-refractivity contribution >= 4 is 5.91 Å². The van der Waals surface area contributed by atoms with Gasteiger partial charge in [0, 0.05) is 43.4 Å². The zero-order chi connectivity index (χ0) is 18.5. The number of amides is 1. The standard InChI is InChI=1S/C22H26N4O/c27-22(20-14-24-21(25-15-20)19-8-11-23-12-9-19)26(16-18-6-7-18)13-10-17-4-2-1-3-5-17/h4,8-9,11-12,14-15,18H,1-3,5-7,10,13,16H2. The van der Waals surface area contributed by atoms with Crippen molar-refractivity contribution in [3.05, 3.63) is 54.1 Å². The Morgan fingerprint density at radius 2 is 1.89 bits per heavy atom. The molecule has 27 heavy (non-hydrogen) atoms. The molecule has 0 spiro atoms. The maximum Gasteiger partial charge on any atom is 0.257 e.